The molecule has 0 saturated heterocycles. The molecule has 0 aliphatic carbocycles. The molecule has 1 aromatic heterocycles. The van der Waals surface area contributed by atoms with Crippen LogP contribution in [0.1, 0.15) is 9.75 Å². The van der Waals surface area contributed by atoms with Crippen LogP contribution in [0.5, 0.6) is 0 Å². The zero-order valence-electron chi connectivity index (χ0n) is 10.4. The second-order valence-electron chi connectivity index (χ2n) is 3.95. The van der Waals surface area contributed by atoms with Gasteiger partial charge in [-0.2, -0.15) is 0 Å². The van der Waals surface area contributed by atoms with Gasteiger partial charge in [0.05, 0.1) is 0 Å². The number of likely N-dealkylation sites (N-methyl/N-ethyl adjacent to an activating group) is 1. The van der Waals surface area contributed by atoms with Gasteiger partial charge in [0, 0.05) is 30.4 Å². The lowest BCUT2D eigenvalue weighted by molar-refractivity contribution is 0.450. The number of nitrogens with two attached hydrogens (primary N) is 1. The van der Waals surface area contributed by atoms with Crippen LogP contribution in [0, 0.1) is 17.7 Å². The number of thiophene rings is 1. The Bertz CT molecular complexity index is 412. The third-order valence-corrected chi connectivity index (χ3v) is 3.59. The Kier molecular flexibility index (Phi) is 4.51. The topological polar surface area (TPSA) is 80.2 Å². The Balaban J connectivity index is 2.47. The summed E-state index contributed by atoms with van der Waals surface area (Å²) in [7, 11) is 3.46. The lowest BCUT2D eigenvalue weighted by Crippen LogP contribution is -2.46. The predicted octanol–water partition coefficient (Wildman–Crippen LogP) is 1.29. The first kappa shape index (κ1) is 13.5. The average Bonchev–Trinajstić information content (AvgIpc) is 2.69. The van der Waals surface area contributed by atoms with Gasteiger partial charge in [-0.3, -0.25) is 15.7 Å². The van der Waals surface area contributed by atoms with Gasteiger partial charge in [-0.25, -0.2) is 0 Å². The lowest BCUT2D eigenvalue weighted by atomic mass is 10.3. The molecule has 0 aliphatic heterocycles. The summed E-state index contributed by atoms with van der Waals surface area (Å²) in [5.41, 5.74) is 5.33. The van der Waals surface area contributed by atoms with E-state index in [0.717, 1.165) is 13.0 Å². The van der Waals surface area contributed by atoms with Crippen molar-refractivity contribution in [1.82, 2.24) is 9.80 Å². The second-order valence-corrected chi connectivity index (χ2v) is 5.32. The molecule has 6 heteroatoms. The van der Waals surface area contributed by atoms with Gasteiger partial charge in [0.25, 0.3) is 0 Å². The first-order valence-electron chi connectivity index (χ1n) is 5.34. The van der Waals surface area contributed by atoms with Crippen molar-refractivity contribution in [2.45, 2.75) is 13.3 Å². The molecule has 1 heterocycles. The predicted molar refractivity (Wildman–Crippen MR) is 72.8 cm³/mol. The molecule has 17 heavy (non-hydrogen) atoms. The van der Waals surface area contributed by atoms with Crippen molar-refractivity contribution in [3.63, 3.8) is 0 Å². The van der Waals surface area contributed by atoms with E-state index in [1.165, 1.54) is 14.7 Å². The average molecular weight is 253 g/mol. The number of hydrogen-bond donors (Lipinski definition) is 3. The number of guanidine groups is 2. The molecule has 1 aromatic rings. The summed E-state index contributed by atoms with van der Waals surface area (Å²) in [6.07, 6.45) is 0.906. The number of nitrogens with zero attached hydrogens (tertiary/aromatic N) is 2. The zero-order chi connectivity index (χ0) is 13.0. The largest absolute Gasteiger partial charge is 0.370 e. The van der Waals surface area contributed by atoms with Crippen LogP contribution in [0.4, 0.5) is 0 Å². The summed E-state index contributed by atoms with van der Waals surface area (Å²) in [6.45, 7) is 2.83. The summed E-state index contributed by atoms with van der Waals surface area (Å²) < 4.78 is 0. The van der Waals surface area contributed by atoms with Crippen molar-refractivity contribution in [3.05, 3.63) is 21.9 Å². The molecule has 0 bridgehead atoms. The molecule has 0 saturated carbocycles. The van der Waals surface area contributed by atoms with Crippen LogP contribution in [-0.2, 0) is 6.42 Å². The quantitative estimate of drug-likeness (QED) is 0.561. The standard InChI is InChI=1S/C11H19N5S/c1-8-4-5-9(17-8)6-7-15(2)11(14)16(3)10(12)13/h4-5,14H,6-7H2,1-3H3,(H3,12,13). The van der Waals surface area contributed by atoms with Crippen molar-refractivity contribution < 1.29 is 0 Å². The Morgan fingerprint density at radius 2 is 2.00 bits per heavy atom. The van der Waals surface area contributed by atoms with E-state index in [2.05, 4.69) is 19.1 Å². The van der Waals surface area contributed by atoms with Gasteiger partial charge >= 0.3 is 0 Å². The van der Waals surface area contributed by atoms with Crippen LogP contribution in [0.3, 0.4) is 0 Å². The van der Waals surface area contributed by atoms with E-state index in [1.807, 2.05) is 7.05 Å². The Morgan fingerprint density at radius 1 is 1.35 bits per heavy atom. The smallest absolute Gasteiger partial charge is 0.200 e. The molecule has 0 amide bonds. The van der Waals surface area contributed by atoms with E-state index in [-0.39, 0.29) is 11.9 Å². The normalized spacial score (nSPS) is 10.1. The highest BCUT2D eigenvalue weighted by Gasteiger charge is 2.12. The molecule has 0 fully saturated rings. The van der Waals surface area contributed by atoms with Crippen molar-refractivity contribution in [2.24, 2.45) is 5.73 Å². The van der Waals surface area contributed by atoms with E-state index >= 15 is 0 Å². The maximum atomic E-state index is 7.84. The fourth-order valence-electron chi connectivity index (χ4n) is 1.37. The van der Waals surface area contributed by atoms with E-state index in [1.54, 1.807) is 23.3 Å². The number of nitrogens with one attached hydrogen (secondary N) is 2. The lowest BCUT2D eigenvalue weighted by Gasteiger charge is -2.26. The van der Waals surface area contributed by atoms with Crippen LogP contribution in [0.25, 0.3) is 0 Å². The number of hydrogen-bond acceptors (Lipinski definition) is 3. The summed E-state index contributed by atoms with van der Waals surface area (Å²) in [5, 5.41) is 15.1. The molecule has 1 rings (SSSR count). The molecule has 0 aliphatic rings. The van der Waals surface area contributed by atoms with Crippen molar-refractivity contribution in [2.75, 3.05) is 20.6 Å². The maximum Gasteiger partial charge on any atom is 0.200 e. The molecule has 0 aromatic carbocycles. The third-order valence-electron chi connectivity index (χ3n) is 2.53. The van der Waals surface area contributed by atoms with E-state index in [0.29, 0.717) is 0 Å². The molecule has 0 radical (unpaired) electrons. The molecular formula is C11H19N5S. The van der Waals surface area contributed by atoms with Crippen LogP contribution in [-0.4, -0.2) is 42.4 Å². The van der Waals surface area contributed by atoms with Crippen LogP contribution >= 0.6 is 11.3 Å². The van der Waals surface area contributed by atoms with Crippen molar-refractivity contribution in [3.8, 4) is 0 Å². The van der Waals surface area contributed by atoms with Gasteiger partial charge in [-0.15, -0.1) is 11.3 Å². The van der Waals surface area contributed by atoms with Crippen LogP contribution in [0.2, 0.25) is 0 Å². The molecule has 0 spiro atoms. The van der Waals surface area contributed by atoms with Crippen molar-refractivity contribution in [1.29, 1.82) is 10.8 Å². The first-order chi connectivity index (χ1) is 7.91. The van der Waals surface area contributed by atoms with E-state index < -0.39 is 0 Å². The van der Waals surface area contributed by atoms with Gasteiger partial charge in [-0.05, 0) is 25.5 Å². The van der Waals surface area contributed by atoms with Crippen LogP contribution < -0.4 is 5.73 Å². The Labute approximate surface area is 106 Å². The second kappa shape index (κ2) is 5.67. The Morgan fingerprint density at radius 3 is 2.47 bits per heavy atom. The molecule has 4 N–H and O–H groups in total. The summed E-state index contributed by atoms with van der Waals surface area (Å²) in [6, 6.07) is 4.22. The fraction of sp³-hybridized carbons (Fsp3) is 0.455. The molecule has 5 nitrogen and oxygen atoms in total. The van der Waals surface area contributed by atoms with Gasteiger partial charge in [0.2, 0.25) is 0 Å². The Hall–Kier alpha value is -1.56. The summed E-state index contributed by atoms with van der Waals surface area (Å²) in [4.78, 5) is 5.75. The van der Waals surface area contributed by atoms with Crippen molar-refractivity contribution >= 4 is 23.3 Å². The molecule has 94 valence electrons. The minimum Gasteiger partial charge on any atom is -0.370 e. The molecular weight excluding hydrogens is 234 g/mol. The summed E-state index contributed by atoms with van der Waals surface area (Å²) in [5.74, 6) is 0.125. The van der Waals surface area contributed by atoms with E-state index in [4.69, 9.17) is 16.6 Å². The third kappa shape index (κ3) is 3.74. The summed E-state index contributed by atoms with van der Waals surface area (Å²) >= 11 is 1.78. The van der Waals surface area contributed by atoms with Crippen LogP contribution in [0.15, 0.2) is 12.1 Å². The minimum atomic E-state index is -0.117. The highest BCUT2D eigenvalue weighted by Crippen LogP contribution is 2.15. The van der Waals surface area contributed by atoms with Gasteiger partial charge in [0.1, 0.15) is 0 Å². The number of rotatable bonds is 3. The highest BCUT2D eigenvalue weighted by atomic mass is 32.1. The monoisotopic (exact) mass is 253 g/mol. The van der Waals surface area contributed by atoms with Gasteiger partial charge in [-0.1, -0.05) is 0 Å². The molecule has 0 unspecified atom stereocenters. The van der Waals surface area contributed by atoms with E-state index in [9.17, 15) is 0 Å². The number of aryl methyl sites for hydroxylation is 1. The first-order valence-corrected chi connectivity index (χ1v) is 6.16. The SMILES string of the molecule is Cc1ccc(CCN(C)C(=N)N(C)C(=N)N)s1. The highest BCUT2D eigenvalue weighted by molar-refractivity contribution is 7.11. The van der Waals surface area contributed by atoms with Gasteiger partial charge in [0.15, 0.2) is 11.9 Å². The van der Waals surface area contributed by atoms with Gasteiger partial charge < -0.3 is 10.6 Å². The fourth-order valence-corrected chi connectivity index (χ4v) is 2.25. The zero-order valence-corrected chi connectivity index (χ0v) is 11.3. The molecule has 0 atom stereocenters. The maximum absolute atomic E-state index is 7.84. The minimum absolute atomic E-state index is 0.117.